The van der Waals surface area contributed by atoms with Gasteiger partial charge in [-0.05, 0) is 62.1 Å². The first kappa shape index (κ1) is 29.7. The lowest BCUT2D eigenvalue weighted by Gasteiger charge is -2.47. The Kier molecular flexibility index (Phi) is 11.3. The summed E-state index contributed by atoms with van der Waals surface area (Å²) in [4.78, 5) is 41.1. The highest BCUT2D eigenvalue weighted by atomic mass is 16.5. The van der Waals surface area contributed by atoms with E-state index in [0.29, 0.717) is 45.2 Å². The van der Waals surface area contributed by atoms with Gasteiger partial charge in [0.2, 0.25) is 11.8 Å². The number of hydrogen-bond donors (Lipinski definition) is 5. The van der Waals surface area contributed by atoms with Gasteiger partial charge in [-0.1, -0.05) is 76.6 Å². The summed E-state index contributed by atoms with van der Waals surface area (Å²) in [5.41, 5.74) is 3.15. The minimum Gasteiger partial charge on any atom is -0.317 e. The fourth-order valence-electron chi connectivity index (χ4n) is 5.89. The summed E-state index contributed by atoms with van der Waals surface area (Å²) >= 11 is 0. The van der Waals surface area contributed by atoms with Crippen LogP contribution in [0.3, 0.4) is 0 Å². The average molecular weight is 501 g/mol. The van der Waals surface area contributed by atoms with E-state index in [9.17, 15) is 19.6 Å². The lowest BCUT2D eigenvalue weighted by Crippen LogP contribution is -2.57. The molecule has 0 aromatic heterocycles. The predicted molar refractivity (Wildman–Crippen MR) is 141 cm³/mol. The van der Waals surface area contributed by atoms with Gasteiger partial charge in [0.15, 0.2) is 5.78 Å². The standard InChI is InChI=1S/C28H44N4O4/c1-5-14-28(19-20(2)3,26(35)31-29)24(33)23(27(4)15-17-30-18-16-27)22(25(34)32-36)13-9-12-21-10-7-6-8-11-21/h6-12,20,22-23,30,36H,5,13-19,29H2,1-4H3,(H,31,35)(H,32,34)/b12-9+/t22-,23-,28?/m0/s1. The summed E-state index contributed by atoms with van der Waals surface area (Å²) in [6.07, 6.45) is 6.66. The largest absolute Gasteiger partial charge is 0.317 e. The van der Waals surface area contributed by atoms with Crippen LogP contribution >= 0.6 is 0 Å². The molecule has 0 aliphatic carbocycles. The van der Waals surface area contributed by atoms with E-state index in [1.807, 2.05) is 70.2 Å². The highest BCUT2D eigenvalue weighted by molar-refractivity contribution is 6.08. The minimum absolute atomic E-state index is 0.0578. The van der Waals surface area contributed by atoms with E-state index in [-0.39, 0.29) is 18.1 Å². The van der Waals surface area contributed by atoms with Crippen LogP contribution in [0, 0.1) is 28.6 Å². The SMILES string of the molecule is CCCC(CC(C)C)(C(=O)NN)C(=O)[C@H]([C@H](C/C=C/c1ccccc1)C(=O)NO)C1(C)CCNCC1. The number of amides is 2. The maximum atomic E-state index is 14.7. The van der Waals surface area contributed by atoms with Gasteiger partial charge in [-0.25, -0.2) is 11.3 Å². The summed E-state index contributed by atoms with van der Waals surface area (Å²) in [5, 5.41) is 13.0. The molecule has 0 radical (unpaired) electrons. The lowest BCUT2D eigenvalue weighted by molar-refractivity contribution is -0.156. The summed E-state index contributed by atoms with van der Waals surface area (Å²) < 4.78 is 0. The van der Waals surface area contributed by atoms with Gasteiger partial charge < -0.3 is 5.32 Å². The van der Waals surface area contributed by atoms with Crippen LogP contribution in [0.15, 0.2) is 36.4 Å². The second kappa shape index (κ2) is 13.7. The van der Waals surface area contributed by atoms with Gasteiger partial charge in [0.05, 0.1) is 5.92 Å². The van der Waals surface area contributed by atoms with Crippen molar-refractivity contribution >= 4 is 23.7 Å². The van der Waals surface area contributed by atoms with Gasteiger partial charge in [0.1, 0.15) is 5.41 Å². The topological polar surface area (TPSA) is 134 Å². The Morgan fingerprint density at radius 3 is 2.36 bits per heavy atom. The molecule has 8 nitrogen and oxygen atoms in total. The van der Waals surface area contributed by atoms with Crippen LogP contribution in [-0.2, 0) is 14.4 Å². The van der Waals surface area contributed by atoms with Crippen molar-refractivity contribution in [3.8, 4) is 0 Å². The Bertz CT molecular complexity index is 896. The summed E-state index contributed by atoms with van der Waals surface area (Å²) in [5.74, 6) is 2.68. The number of hydrogen-bond acceptors (Lipinski definition) is 6. The number of Topliss-reactive ketones (excluding diaryl/α,β-unsaturated/α-hetero) is 1. The van der Waals surface area contributed by atoms with Crippen LogP contribution < -0.4 is 22.1 Å². The molecule has 8 heteroatoms. The third-order valence-electron chi connectivity index (χ3n) is 7.60. The van der Waals surface area contributed by atoms with E-state index in [0.717, 1.165) is 5.56 Å². The number of nitrogens with two attached hydrogens (primary N) is 1. The van der Waals surface area contributed by atoms with Crippen molar-refractivity contribution in [3.63, 3.8) is 0 Å². The van der Waals surface area contributed by atoms with E-state index < -0.39 is 34.5 Å². The zero-order valence-electron chi connectivity index (χ0n) is 22.2. The number of benzene rings is 1. The fourth-order valence-corrected chi connectivity index (χ4v) is 5.89. The monoisotopic (exact) mass is 500 g/mol. The molecule has 2 rings (SSSR count). The third-order valence-corrected chi connectivity index (χ3v) is 7.60. The van der Waals surface area contributed by atoms with Crippen molar-refractivity contribution < 1.29 is 19.6 Å². The smallest absolute Gasteiger partial charge is 0.247 e. The number of hydrazine groups is 1. The third kappa shape index (κ3) is 7.02. The first-order chi connectivity index (χ1) is 17.1. The molecule has 1 saturated heterocycles. The quantitative estimate of drug-likeness (QED) is 0.0924. The molecule has 0 bridgehead atoms. The molecule has 200 valence electrons. The number of hydroxylamine groups is 1. The molecule has 2 amide bonds. The number of nitrogens with one attached hydrogen (secondary N) is 3. The molecule has 1 fully saturated rings. The van der Waals surface area contributed by atoms with Crippen molar-refractivity contribution in [2.24, 2.45) is 34.4 Å². The fraction of sp³-hybridized carbons (Fsp3) is 0.607. The molecule has 1 unspecified atom stereocenters. The van der Waals surface area contributed by atoms with Crippen molar-refractivity contribution in [1.29, 1.82) is 0 Å². The molecule has 36 heavy (non-hydrogen) atoms. The molecule has 3 atom stereocenters. The van der Waals surface area contributed by atoms with Crippen LogP contribution in [0.4, 0.5) is 0 Å². The van der Waals surface area contributed by atoms with Crippen molar-refractivity contribution in [2.45, 2.75) is 66.2 Å². The first-order valence-corrected chi connectivity index (χ1v) is 13.1. The van der Waals surface area contributed by atoms with Crippen LogP contribution in [-0.4, -0.2) is 35.9 Å². The van der Waals surface area contributed by atoms with E-state index >= 15 is 0 Å². The van der Waals surface area contributed by atoms with Gasteiger partial charge in [-0.2, -0.15) is 0 Å². The second-order valence-corrected chi connectivity index (χ2v) is 10.8. The predicted octanol–water partition coefficient (Wildman–Crippen LogP) is 3.61. The number of allylic oxidation sites excluding steroid dienone is 1. The lowest BCUT2D eigenvalue weighted by atomic mass is 9.57. The Balaban J connectivity index is 2.62. The van der Waals surface area contributed by atoms with Crippen molar-refractivity contribution in [2.75, 3.05) is 13.1 Å². The summed E-state index contributed by atoms with van der Waals surface area (Å²) in [7, 11) is 0. The van der Waals surface area contributed by atoms with E-state index in [2.05, 4.69) is 10.7 Å². The van der Waals surface area contributed by atoms with Crippen molar-refractivity contribution in [1.82, 2.24) is 16.2 Å². The Hall–Kier alpha value is -2.55. The second-order valence-electron chi connectivity index (χ2n) is 10.8. The van der Waals surface area contributed by atoms with Gasteiger partial charge in [0, 0.05) is 5.92 Å². The normalized spacial score (nSPS) is 18.9. The highest BCUT2D eigenvalue weighted by Crippen LogP contribution is 2.48. The molecular formula is C28H44N4O4. The molecule has 6 N–H and O–H groups in total. The maximum absolute atomic E-state index is 14.7. The minimum atomic E-state index is -1.35. The van der Waals surface area contributed by atoms with Crippen LogP contribution in [0.2, 0.25) is 0 Å². The zero-order chi connectivity index (χ0) is 26.8. The van der Waals surface area contributed by atoms with Gasteiger partial charge in [-0.3, -0.25) is 25.0 Å². The van der Waals surface area contributed by atoms with Crippen LogP contribution in [0.25, 0.3) is 6.08 Å². The van der Waals surface area contributed by atoms with Gasteiger partial charge in [-0.15, -0.1) is 0 Å². The zero-order valence-corrected chi connectivity index (χ0v) is 22.2. The number of ketones is 1. The Labute approximate surface area is 215 Å². The van der Waals surface area contributed by atoms with Crippen LogP contribution in [0.5, 0.6) is 0 Å². The molecule has 0 spiro atoms. The first-order valence-electron chi connectivity index (χ1n) is 13.1. The summed E-state index contributed by atoms with van der Waals surface area (Å²) in [6.45, 7) is 9.34. The van der Waals surface area contributed by atoms with E-state index in [1.165, 1.54) is 0 Å². The molecule has 1 aliphatic heterocycles. The number of carbonyl (C=O) groups is 3. The highest BCUT2D eigenvalue weighted by Gasteiger charge is 2.55. The number of carbonyl (C=O) groups excluding carboxylic acids is 3. The van der Waals surface area contributed by atoms with Gasteiger partial charge in [0.25, 0.3) is 0 Å². The Morgan fingerprint density at radius 1 is 1.19 bits per heavy atom. The Morgan fingerprint density at radius 2 is 1.83 bits per heavy atom. The number of rotatable bonds is 13. The molecular weight excluding hydrogens is 456 g/mol. The molecule has 1 aromatic carbocycles. The number of piperidine rings is 1. The molecule has 1 aromatic rings. The average Bonchev–Trinajstić information content (AvgIpc) is 2.87. The van der Waals surface area contributed by atoms with Gasteiger partial charge >= 0.3 is 0 Å². The van der Waals surface area contributed by atoms with Crippen molar-refractivity contribution in [3.05, 3.63) is 42.0 Å². The van der Waals surface area contributed by atoms with Crippen LogP contribution in [0.1, 0.15) is 71.8 Å². The molecule has 1 heterocycles. The van der Waals surface area contributed by atoms with E-state index in [4.69, 9.17) is 5.84 Å². The molecule has 0 saturated carbocycles. The van der Waals surface area contributed by atoms with E-state index in [1.54, 1.807) is 5.48 Å². The maximum Gasteiger partial charge on any atom is 0.247 e. The summed E-state index contributed by atoms with van der Waals surface area (Å²) in [6, 6.07) is 9.69. The molecule has 1 aliphatic rings.